The molecule has 0 heterocycles. The molecule has 2 aromatic carbocycles. The Labute approximate surface area is 150 Å². The van der Waals surface area contributed by atoms with Crippen molar-refractivity contribution in [3.8, 4) is 0 Å². The largest absolute Gasteiger partial charge is 0.452 e. The van der Waals surface area contributed by atoms with Gasteiger partial charge in [-0.15, -0.1) is 0 Å². The molecule has 0 unspecified atom stereocenters. The van der Waals surface area contributed by atoms with Crippen molar-refractivity contribution in [3.05, 3.63) is 67.9 Å². The predicted octanol–water partition coefficient (Wildman–Crippen LogP) is 3.84. The van der Waals surface area contributed by atoms with E-state index in [9.17, 15) is 24.1 Å². The van der Waals surface area contributed by atoms with Crippen molar-refractivity contribution in [2.24, 2.45) is 0 Å². The fourth-order valence-corrected chi connectivity index (χ4v) is 2.22. The van der Waals surface area contributed by atoms with Crippen molar-refractivity contribution in [2.75, 3.05) is 11.9 Å². The Balaban J connectivity index is 2.01. The van der Waals surface area contributed by atoms with Gasteiger partial charge in [-0.05, 0) is 30.3 Å². The van der Waals surface area contributed by atoms with Crippen molar-refractivity contribution in [2.45, 2.75) is 0 Å². The summed E-state index contributed by atoms with van der Waals surface area (Å²) in [4.78, 5) is 33.8. The molecule has 0 aliphatic heterocycles. The Morgan fingerprint density at radius 3 is 2.56 bits per heavy atom. The van der Waals surface area contributed by atoms with E-state index < -0.39 is 34.9 Å². The highest BCUT2D eigenvalue weighted by Gasteiger charge is 2.18. The molecule has 0 saturated carbocycles. The van der Waals surface area contributed by atoms with E-state index in [1.807, 2.05) is 0 Å². The van der Waals surface area contributed by atoms with Gasteiger partial charge in [0.15, 0.2) is 6.61 Å². The maximum atomic E-state index is 12.9. The molecule has 25 heavy (non-hydrogen) atoms. The van der Waals surface area contributed by atoms with Gasteiger partial charge in [0, 0.05) is 11.1 Å². The molecule has 0 spiro atoms. The molecule has 2 rings (SSSR count). The minimum absolute atomic E-state index is 0.102. The van der Waals surface area contributed by atoms with Crippen LogP contribution >= 0.6 is 23.2 Å². The highest BCUT2D eigenvalue weighted by Crippen LogP contribution is 2.27. The molecule has 7 nitrogen and oxygen atoms in total. The molecule has 2 aromatic rings. The van der Waals surface area contributed by atoms with Gasteiger partial charge in [-0.25, -0.2) is 9.18 Å². The van der Waals surface area contributed by atoms with Crippen LogP contribution in [0, 0.1) is 15.9 Å². The number of rotatable bonds is 5. The lowest BCUT2D eigenvalue weighted by molar-refractivity contribution is -0.383. The second-order valence-corrected chi connectivity index (χ2v) is 5.51. The van der Waals surface area contributed by atoms with Gasteiger partial charge >= 0.3 is 5.97 Å². The topological polar surface area (TPSA) is 98.5 Å². The van der Waals surface area contributed by atoms with E-state index in [-0.39, 0.29) is 21.3 Å². The Kier molecular flexibility index (Phi) is 5.89. The van der Waals surface area contributed by atoms with Crippen molar-refractivity contribution in [1.82, 2.24) is 0 Å². The highest BCUT2D eigenvalue weighted by molar-refractivity contribution is 6.33. The first kappa shape index (κ1) is 18.6. The lowest BCUT2D eigenvalue weighted by Gasteiger charge is -2.08. The number of benzene rings is 2. The number of nitro benzene ring substituents is 1. The van der Waals surface area contributed by atoms with Crippen LogP contribution in [-0.2, 0) is 9.53 Å². The number of hydrogen-bond acceptors (Lipinski definition) is 5. The van der Waals surface area contributed by atoms with Gasteiger partial charge in [0.2, 0.25) is 0 Å². The first-order valence-corrected chi connectivity index (χ1v) is 7.39. The molecule has 0 atom stereocenters. The summed E-state index contributed by atoms with van der Waals surface area (Å²) in [5.41, 5.74) is -0.627. The summed E-state index contributed by atoms with van der Waals surface area (Å²) in [5, 5.41) is 13.1. The number of ether oxygens (including phenoxy) is 1. The van der Waals surface area contributed by atoms with Crippen molar-refractivity contribution >= 4 is 46.5 Å². The minimum Gasteiger partial charge on any atom is -0.452 e. The van der Waals surface area contributed by atoms with Crippen LogP contribution < -0.4 is 5.32 Å². The number of esters is 1. The zero-order valence-electron chi connectivity index (χ0n) is 12.3. The van der Waals surface area contributed by atoms with Crippen LogP contribution in [0.1, 0.15) is 10.4 Å². The summed E-state index contributed by atoms with van der Waals surface area (Å²) >= 11 is 11.4. The summed E-state index contributed by atoms with van der Waals surface area (Å²) in [5.74, 6) is -2.38. The van der Waals surface area contributed by atoms with Crippen LogP contribution in [0.4, 0.5) is 15.8 Å². The number of nitrogens with zero attached hydrogens (tertiary/aromatic N) is 1. The quantitative estimate of drug-likeness (QED) is 0.478. The summed E-state index contributed by atoms with van der Waals surface area (Å²) in [6, 6.07) is 6.73. The fraction of sp³-hybridized carbons (Fsp3) is 0.0667. The molecular weight excluding hydrogens is 378 g/mol. The van der Waals surface area contributed by atoms with Crippen LogP contribution in [0.15, 0.2) is 36.4 Å². The number of halogens is 3. The van der Waals surface area contributed by atoms with E-state index in [1.54, 1.807) is 0 Å². The van der Waals surface area contributed by atoms with E-state index in [1.165, 1.54) is 12.1 Å². The minimum atomic E-state index is -0.939. The third kappa shape index (κ3) is 4.88. The summed E-state index contributed by atoms with van der Waals surface area (Å²) in [7, 11) is 0. The predicted molar refractivity (Wildman–Crippen MR) is 88.4 cm³/mol. The van der Waals surface area contributed by atoms with Crippen LogP contribution in [-0.4, -0.2) is 23.4 Å². The Hall–Kier alpha value is -2.71. The smallest absolute Gasteiger partial charge is 0.340 e. The SMILES string of the molecule is O=C(COC(=O)c1ccc(F)cc1Cl)Nc1ccc(Cl)cc1[N+](=O)[O-]. The molecule has 130 valence electrons. The van der Waals surface area contributed by atoms with Crippen molar-refractivity contribution < 1.29 is 23.6 Å². The lowest BCUT2D eigenvalue weighted by atomic mass is 10.2. The normalized spacial score (nSPS) is 10.2. The van der Waals surface area contributed by atoms with E-state index in [0.29, 0.717) is 0 Å². The van der Waals surface area contributed by atoms with Gasteiger partial charge < -0.3 is 10.1 Å². The second-order valence-electron chi connectivity index (χ2n) is 4.67. The first-order chi connectivity index (χ1) is 11.8. The van der Waals surface area contributed by atoms with Crippen molar-refractivity contribution in [3.63, 3.8) is 0 Å². The first-order valence-electron chi connectivity index (χ1n) is 6.64. The van der Waals surface area contributed by atoms with E-state index in [2.05, 4.69) is 5.32 Å². The number of carbonyl (C=O) groups is 2. The van der Waals surface area contributed by atoms with Gasteiger partial charge in [-0.1, -0.05) is 23.2 Å². The average molecular weight is 387 g/mol. The number of hydrogen-bond donors (Lipinski definition) is 1. The molecule has 1 amide bonds. The summed E-state index contributed by atoms with van der Waals surface area (Å²) in [6.45, 7) is -0.716. The van der Waals surface area contributed by atoms with Crippen molar-refractivity contribution in [1.29, 1.82) is 0 Å². The highest BCUT2D eigenvalue weighted by atomic mass is 35.5. The standard InChI is InChI=1S/C15H9Cl2FN2O5/c16-8-1-4-12(13(5-8)20(23)24)19-14(21)7-25-15(22)10-3-2-9(18)6-11(10)17/h1-6H,7H2,(H,19,21). The molecule has 0 radical (unpaired) electrons. The Morgan fingerprint density at radius 2 is 1.92 bits per heavy atom. The molecular formula is C15H9Cl2FN2O5. The maximum Gasteiger partial charge on any atom is 0.340 e. The molecule has 0 saturated heterocycles. The molecule has 0 aliphatic carbocycles. The van der Waals surface area contributed by atoms with Crippen LogP contribution in [0.3, 0.4) is 0 Å². The molecule has 0 aromatic heterocycles. The van der Waals surface area contributed by atoms with E-state index >= 15 is 0 Å². The van der Waals surface area contributed by atoms with Gasteiger partial charge in [0.25, 0.3) is 11.6 Å². The fourth-order valence-electron chi connectivity index (χ4n) is 1.81. The molecule has 10 heteroatoms. The Bertz CT molecular complexity index is 860. The second kappa shape index (κ2) is 7.91. The maximum absolute atomic E-state index is 12.9. The zero-order chi connectivity index (χ0) is 18.6. The number of anilines is 1. The molecule has 0 fully saturated rings. The third-order valence-electron chi connectivity index (χ3n) is 2.92. The number of carbonyl (C=O) groups excluding carboxylic acids is 2. The number of nitro groups is 1. The van der Waals surface area contributed by atoms with Crippen LogP contribution in [0.2, 0.25) is 10.0 Å². The average Bonchev–Trinajstić information content (AvgIpc) is 2.54. The third-order valence-corrected chi connectivity index (χ3v) is 3.46. The van der Waals surface area contributed by atoms with E-state index in [4.69, 9.17) is 27.9 Å². The zero-order valence-corrected chi connectivity index (χ0v) is 13.8. The number of nitrogens with one attached hydrogen (secondary N) is 1. The molecule has 1 N–H and O–H groups in total. The molecule has 0 aliphatic rings. The van der Waals surface area contributed by atoms with Gasteiger partial charge in [0.05, 0.1) is 15.5 Å². The van der Waals surface area contributed by atoms with Crippen LogP contribution in [0.5, 0.6) is 0 Å². The number of amides is 1. The molecule has 0 bridgehead atoms. The van der Waals surface area contributed by atoms with E-state index in [0.717, 1.165) is 24.3 Å². The van der Waals surface area contributed by atoms with Gasteiger partial charge in [0.1, 0.15) is 11.5 Å². The summed E-state index contributed by atoms with van der Waals surface area (Å²) in [6.07, 6.45) is 0. The monoisotopic (exact) mass is 386 g/mol. The van der Waals surface area contributed by atoms with Crippen LogP contribution in [0.25, 0.3) is 0 Å². The lowest BCUT2D eigenvalue weighted by Crippen LogP contribution is -2.21. The Morgan fingerprint density at radius 1 is 1.20 bits per heavy atom. The van der Waals surface area contributed by atoms with Gasteiger partial charge in [-0.2, -0.15) is 0 Å². The summed E-state index contributed by atoms with van der Waals surface area (Å²) < 4.78 is 17.7. The van der Waals surface area contributed by atoms with Gasteiger partial charge in [-0.3, -0.25) is 14.9 Å².